The summed E-state index contributed by atoms with van der Waals surface area (Å²) in [5.41, 5.74) is 7.15. The highest BCUT2D eigenvalue weighted by atomic mass is 16.5. The van der Waals surface area contributed by atoms with Crippen LogP contribution in [0.5, 0.6) is 0 Å². The van der Waals surface area contributed by atoms with Gasteiger partial charge in [0.1, 0.15) is 6.61 Å². The van der Waals surface area contributed by atoms with Gasteiger partial charge in [-0.05, 0) is 12.2 Å². The average molecular weight is 178 g/mol. The van der Waals surface area contributed by atoms with Crippen molar-refractivity contribution in [3.63, 3.8) is 0 Å². The van der Waals surface area contributed by atoms with Gasteiger partial charge in [-0.1, -0.05) is 19.2 Å². The van der Waals surface area contributed by atoms with E-state index in [1.54, 1.807) is 18.2 Å². The van der Waals surface area contributed by atoms with Gasteiger partial charge in [-0.25, -0.2) is 0 Å². The largest absolute Gasteiger partial charge is 0.487 e. The van der Waals surface area contributed by atoms with Crippen LogP contribution >= 0.6 is 0 Å². The maximum absolute atomic E-state index is 5.74. The molecule has 0 aromatic carbocycles. The van der Waals surface area contributed by atoms with E-state index in [-0.39, 0.29) is 0 Å². The third-order valence-corrected chi connectivity index (χ3v) is 1.67. The molecular formula is C10H14N2O. The van der Waals surface area contributed by atoms with Crippen LogP contribution in [0.2, 0.25) is 0 Å². The Bertz CT molecular complexity index is 277. The van der Waals surface area contributed by atoms with E-state index in [0.29, 0.717) is 18.1 Å². The lowest BCUT2D eigenvalue weighted by Crippen LogP contribution is -2.27. The Labute approximate surface area is 78.3 Å². The van der Waals surface area contributed by atoms with E-state index >= 15 is 0 Å². The van der Waals surface area contributed by atoms with Crippen molar-refractivity contribution in [3.05, 3.63) is 48.5 Å². The highest BCUT2D eigenvalue weighted by molar-refractivity contribution is 5.35. The Morgan fingerprint density at radius 3 is 2.92 bits per heavy atom. The predicted octanol–water partition coefficient (Wildman–Crippen LogP) is 1.03. The molecule has 0 aromatic rings. The Morgan fingerprint density at radius 2 is 2.31 bits per heavy atom. The first kappa shape index (κ1) is 9.45. The summed E-state index contributed by atoms with van der Waals surface area (Å²) in [4.78, 5) is 0. The standard InChI is InChI=1S/C10H14N2O/c1-3-5-8(11)10-9(4-2)12-6-7-13-10/h3-5,12H,1-2,6-7,11H2/b8-5+. The first-order valence-electron chi connectivity index (χ1n) is 4.11. The molecule has 0 aliphatic carbocycles. The van der Waals surface area contributed by atoms with E-state index in [1.807, 2.05) is 0 Å². The number of hydrogen-bond acceptors (Lipinski definition) is 3. The summed E-state index contributed by atoms with van der Waals surface area (Å²) in [7, 11) is 0. The van der Waals surface area contributed by atoms with E-state index in [4.69, 9.17) is 10.5 Å². The molecule has 0 aromatic heterocycles. The van der Waals surface area contributed by atoms with E-state index in [9.17, 15) is 0 Å². The molecular weight excluding hydrogens is 164 g/mol. The third-order valence-electron chi connectivity index (χ3n) is 1.67. The third kappa shape index (κ3) is 2.15. The zero-order valence-electron chi connectivity index (χ0n) is 7.55. The van der Waals surface area contributed by atoms with Gasteiger partial charge in [0.15, 0.2) is 5.76 Å². The summed E-state index contributed by atoms with van der Waals surface area (Å²) < 4.78 is 5.40. The molecule has 0 saturated heterocycles. The lowest BCUT2D eigenvalue weighted by molar-refractivity contribution is 0.201. The number of nitrogens with two attached hydrogens (primary N) is 1. The van der Waals surface area contributed by atoms with Crippen LogP contribution in [0.25, 0.3) is 0 Å². The lowest BCUT2D eigenvalue weighted by Gasteiger charge is -2.21. The first-order valence-corrected chi connectivity index (χ1v) is 4.11. The van der Waals surface area contributed by atoms with Crippen molar-refractivity contribution in [3.8, 4) is 0 Å². The minimum atomic E-state index is 0.567. The number of allylic oxidation sites excluding steroid dienone is 3. The van der Waals surface area contributed by atoms with Crippen molar-refractivity contribution in [2.75, 3.05) is 13.2 Å². The van der Waals surface area contributed by atoms with E-state index in [2.05, 4.69) is 18.5 Å². The molecule has 3 nitrogen and oxygen atoms in total. The van der Waals surface area contributed by atoms with Crippen molar-refractivity contribution < 1.29 is 4.74 Å². The second-order valence-electron chi connectivity index (χ2n) is 2.58. The predicted molar refractivity (Wildman–Crippen MR) is 53.6 cm³/mol. The smallest absolute Gasteiger partial charge is 0.165 e. The fraction of sp³-hybridized carbons (Fsp3) is 0.200. The molecule has 3 N–H and O–H groups in total. The molecule has 0 bridgehead atoms. The number of ether oxygens (including phenoxy) is 1. The topological polar surface area (TPSA) is 47.3 Å². The molecule has 1 aliphatic rings. The van der Waals surface area contributed by atoms with Gasteiger partial charge < -0.3 is 15.8 Å². The molecule has 0 amide bonds. The fourth-order valence-electron chi connectivity index (χ4n) is 1.10. The van der Waals surface area contributed by atoms with E-state index in [0.717, 1.165) is 12.2 Å². The monoisotopic (exact) mass is 178 g/mol. The second kappa shape index (κ2) is 4.40. The maximum Gasteiger partial charge on any atom is 0.165 e. The lowest BCUT2D eigenvalue weighted by atomic mass is 10.2. The van der Waals surface area contributed by atoms with Gasteiger partial charge in [-0.2, -0.15) is 0 Å². The summed E-state index contributed by atoms with van der Waals surface area (Å²) in [6.45, 7) is 8.64. The molecule has 1 rings (SSSR count). The fourth-order valence-corrected chi connectivity index (χ4v) is 1.10. The highest BCUT2D eigenvalue weighted by Crippen LogP contribution is 2.14. The van der Waals surface area contributed by atoms with Crippen LogP contribution in [0, 0.1) is 0 Å². The maximum atomic E-state index is 5.74. The molecule has 3 heteroatoms. The van der Waals surface area contributed by atoms with Crippen molar-refractivity contribution in [2.24, 2.45) is 5.73 Å². The SMILES string of the molecule is C=C/C=C(/N)C1=C(C=C)NCCO1. The summed E-state index contributed by atoms with van der Waals surface area (Å²) in [5, 5.41) is 3.14. The van der Waals surface area contributed by atoms with Crippen molar-refractivity contribution in [2.45, 2.75) is 0 Å². The number of hydrogen-bond donors (Lipinski definition) is 2. The van der Waals surface area contributed by atoms with Crippen LogP contribution < -0.4 is 11.1 Å². The minimum absolute atomic E-state index is 0.567. The van der Waals surface area contributed by atoms with Gasteiger partial charge in [-0.3, -0.25) is 0 Å². The van der Waals surface area contributed by atoms with Crippen molar-refractivity contribution in [1.82, 2.24) is 5.32 Å². The Balaban J connectivity index is 2.96. The van der Waals surface area contributed by atoms with Gasteiger partial charge >= 0.3 is 0 Å². The Hall–Kier alpha value is -1.64. The Morgan fingerprint density at radius 1 is 1.54 bits per heavy atom. The molecule has 70 valence electrons. The quantitative estimate of drug-likeness (QED) is 0.635. The second-order valence-corrected chi connectivity index (χ2v) is 2.58. The zero-order valence-corrected chi connectivity index (χ0v) is 7.55. The van der Waals surface area contributed by atoms with Crippen LogP contribution in [0.4, 0.5) is 0 Å². The molecule has 0 spiro atoms. The number of nitrogens with one attached hydrogen (secondary N) is 1. The average Bonchev–Trinajstić information content (AvgIpc) is 2.18. The molecule has 0 saturated carbocycles. The van der Waals surface area contributed by atoms with Crippen molar-refractivity contribution in [1.29, 1.82) is 0 Å². The minimum Gasteiger partial charge on any atom is -0.487 e. The van der Waals surface area contributed by atoms with Gasteiger partial charge in [-0.15, -0.1) is 0 Å². The highest BCUT2D eigenvalue weighted by Gasteiger charge is 2.12. The summed E-state index contributed by atoms with van der Waals surface area (Å²) in [5.74, 6) is 0.654. The summed E-state index contributed by atoms with van der Waals surface area (Å²) in [6.07, 6.45) is 5.02. The van der Waals surface area contributed by atoms with Gasteiger partial charge in [0.2, 0.25) is 0 Å². The molecule has 13 heavy (non-hydrogen) atoms. The first-order chi connectivity index (χ1) is 6.29. The molecule has 0 atom stereocenters. The van der Waals surface area contributed by atoms with E-state index in [1.165, 1.54) is 0 Å². The van der Waals surface area contributed by atoms with Crippen molar-refractivity contribution >= 4 is 0 Å². The molecule has 1 heterocycles. The molecule has 1 aliphatic heterocycles. The van der Waals surface area contributed by atoms with Crippen LogP contribution in [0.3, 0.4) is 0 Å². The van der Waals surface area contributed by atoms with Crippen LogP contribution in [-0.4, -0.2) is 13.2 Å². The Kier molecular flexibility index (Phi) is 3.20. The summed E-state index contributed by atoms with van der Waals surface area (Å²) >= 11 is 0. The van der Waals surface area contributed by atoms with Crippen LogP contribution in [0.1, 0.15) is 0 Å². The van der Waals surface area contributed by atoms with E-state index < -0.39 is 0 Å². The van der Waals surface area contributed by atoms with Gasteiger partial charge in [0.05, 0.1) is 11.4 Å². The summed E-state index contributed by atoms with van der Waals surface area (Å²) in [6, 6.07) is 0. The molecule has 0 radical (unpaired) electrons. The van der Waals surface area contributed by atoms with Crippen LogP contribution in [-0.2, 0) is 4.74 Å². The van der Waals surface area contributed by atoms with Crippen LogP contribution in [0.15, 0.2) is 48.5 Å². The molecule has 0 unspecified atom stereocenters. The van der Waals surface area contributed by atoms with Gasteiger partial charge in [0.25, 0.3) is 0 Å². The molecule has 0 fully saturated rings. The van der Waals surface area contributed by atoms with Gasteiger partial charge in [0, 0.05) is 6.54 Å². The normalized spacial score (nSPS) is 17.4. The number of rotatable bonds is 3. The zero-order chi connectivity index (χ0) is 9.68.